The van der Waals surface area contributed by atoms with Gasteiger partial charge in [-0.2, -0.15) is 0 Å². The molecule has 1 saturated heterocycles. The van der Waals surface area contributed by atoms with Gasteiger partial charge in [0.05, 0.1) is 13.2 Å². The first-order valence-electron chi connectivity index (χ1n) is 8.58. The third-order valence-corrected chi connectivity index (χ3v) is 5.85. The molecule has 7 nitrogen and oxygen atoms in total. The van der Waals surface area contributed by atoms with Gasteiger partial charge in [0.25, 0.3) is 0 Å². The van der Waals surface area contributed by atoms with Crippen molar-refractivity contribution in [1.82, 2.24) is 9.71 Å². The summed E-state index contributed by atoms with van der Waals surface area (Å²) in [6.45, 7) is 5.41. The Morgan fingerprint density at radius 3 is 2.38 bits per heavy atom. The van der Waals surface area contributed by atoms with Crippen molar-refractivity contribution < 1.29 is 13.2 Å². The van der Waals surface area contributed by atoms with Gasteiger partial charge < -0.3 is 15.0 Å². The number of aromatic nitrogens is 1. The lowest BCUT2D eigenvalue weighted by molar-refractivity contribution is 0.122. The van der Waals surface area contributed by atoms with E-state index in [1.807, 2.05) is 6.92 Å². The summed E-state index contributed by atoms with van der Waals surface area (Å²) >= 11 is 0. The van der Waals surface area contributed by atoms with E-state index >= 15 is 0 Å². The molecule has 0 amide bonds. The number of anilines is 2. The molecule has 0 aliphatic carbocycles. The molecule has 2 aromatic rings. The van der Waals surface area contributed by atoms with Gasteiger partial charge in [0.2, 0.25) is 10.0 Å². The van der Waals surface area contributed by atoms with Crippen LogP contribution in [0.5, 0.6) is 0 Å². The van der Waals surface area contributed by atoms with Crippen LogP contribution in [0.1, 0.15) is 18.5 Å². The summed E-state index contributed by atoms with van der Waals surface area (Å²) in [5, 5.41) is 3.29. The molecule has 1 aliphatic heterocycles. The fourth-order valence-corrected chi connectivity index (χ4v) is 3.52. The van der Waals surface area contributed by atoms with Crippen LogP contribution in [0.15, 0.2) is 47.5 Å². The number of nitrogens with one attached hydrogen (secondary N) is 2. The number of pyridine rings is 1. The average Bonchev–Trinajstić information content (AvgIpc) is 2.69. The van der Waals surface area contributed by atoms with E-state index in [9.17, 15) is 8.42 Å². The maximum absolute atomic E-state index is 11.7. The van der Waals surface area contributed by atoms with Gasteiger partial charge in [0, 0.05) is 31.0 Å². The minimum atomic E-state index is -3.46. The van der Waals surface area contributed by atoms with Crippen molar-refractivity contribution in [1.29, 1.82) is 0 Å². The fraction of sp³-hybridized carbons (Fsp3) is 0.389. The molecule has 26 heavy (non-hydrogen) atoms. The molecule has 0 bridgehead atoms. The van der Waals surface area contributed by atoms with Crippen LogP contribution >= 0.6 is 0 Å². The van der Waals surface area contributed by atoms with Crippen LogP contribution in [0.4, 0.5) is 11.5 Å². The zero-order valence-electron chi connectivity index (χ0n) is 15.0. The average molecular weight is 376 g/mol. The molecule has 2 heterocycles. The number of sulfonamides is 1. The number of hydrogen-bond acceptors (Lipinski definition) is 6. The Morgan fingerprint density at radius 2 is 1.81 bits per heavy atom. The quantitative estimate of drug-likeness (QED) is 0.802. The Morgan fingerprint density at radius 1 is 1.12 bits per heavy atom. The van der Waals surface area contributed by atoms with Crippen LogP contribution < -0.4 is 14.9 Å². The van der Waals surface area contributed by atoms with E-state index in [1.165, 1.54) is 25.0 Å². The molecule has 1 aromatic heterocycles. The zero-order chi connectivity index (χ0) is 18.6. The summed E-state index contributed by atoms with van der Waals surface area (Å²) < 4.78 is 31.1. The molecule has 8 heteroatoms. The first kappa shape index (κ1) is 18.6. The van der Waals surface area contributed by atoms with E-state index in [2.05, 4.69) is 44.2 Å². The summed E-state index contributed by atoms with van der Waals surface area (Å²) in [7, 11) is -2.09. The predicted octanol–water partition coefficient (Wildman–Crippen LogP) is 2.00. The molecule has 0 radical (unpaired) electrons. The molecule has 2 N–H and O–H groups in total. The van der Waals surface area contributed by atoms with Crippen LogP contribution in [-0.4, -0.2) is 46.8 Å². The second-order valence-electron chi connectivity index (χ2n) is 6.14. The van der Waals surface area contributed by atoms with Crippen LogP contribution in [0.25, 0.3) is 0 Å². The van der Waals surface area contributed by atoms with Gasteiger partial charge in [-0.3, -0.25) is 0 Å². The number of morpholine rings is 1. The summed E-state index contributed by atoms with van der Waals surface area (Å²) in [6.07, 6.45) is 1.35. The Kier molecular flexibility index (Phi) is 5.75. The molecule has 0 spiro atoms. The Balaban J connectivity index is 1.65. The number of rotatable bonds is 6. The van der Waals surface area contributed by atoms with Crippen molar-refractivity contribution in [3.63, 3.8) is 0 Å². The standard InChI is InChI=1S/C18H24N4O3S/c1-14(21-18-8-7-17(13-20-18)26(23,24)19-2)15-3-5-16(6-4-15)22-9-11-25-12-10-22/h3-8,13-14,19H,9-12H2,1-2H3,(H,20,21). The maximum atomic E-state index is 11.7. The number of ether oxygens (including phenoxy) is 1. The first-order valence-corrected chi connectivity index (χ1v) is 10.1. The molecule has 1 atom stereocenters. The van der Waals surface area contributed by atoms with Crippen molar-refractivity contribution in [2.45, 2.75) is 17.9 Å². The molecular formula is C18H24N4O3S. The van der Waals surface area contributed by atoms with Crippen molar-refractivity contribution in [2.24, 2.45) is 0 Å². The van der Waals surface area contributed by atoms with Crippen molar-refractivity contribution in [3.8, 4) is 0 Å². The summed E-state index contributed by atoms with van der Waals surface area (Å²) in [4.78, 5) is 6.66. The van der Waals surface area contributed by atoms with Gasteiger partial charge in [-0.15, -0.1) is 0 Å². The fourth-order valence-electron chi connectivity index (χ4n) is 2.84. The summed E-state index contributed by atoms with van der Waals surface area (Å²) in [5.41, 5.74) is 2.33. The molecule has 1 unspecified atom stereocenters. The van der Waals surface area contributed by atoms with E-state index < -0.39 is 10.0 Å². The highest BCUT2D eigenvalue weighted by molar-refractivity contribution is 7.89. The van der Waals surface area contributed by atoms with Gasteiger partial charge in [0.1, 0.15) is 10.7 Å². The highest BCUT2D eigenvalue weighted by atomic mass is 32.2. The molecule has 140 valence electrons. The van der Waals surface area contributed by atoms with Crippen molar-refractivity contribution >= 4 is 21.5 Å². The third-order valence-electron chi connectivity index (χ3n) is 4.45. The largest absolute Gasteiger partial charge is 0.378 e. The molecule has 1 fully saturated rings. The van der Waals surface area contributed by atoms with Crippen molar-refractivity contribution in [2.75, 3.05) is 43.6 Å². The number of benzene rings is 1. The Bertz CT molecular complexity index is 817. The van der Waals surface area contributed by atoms with E-state index in [0.717, 1.165) is 31.9 Å². The molecule has 3 rings (SSSR count). The monoisotopic (exact) mass is 376 g/mol. The van der Waals surface area contributed by atoms with E-state index in [4.69, 9.17) is 4.74 Å². The number of nitrogens with zero attached hydrogens (tertiary/aromatic N) is 2. The molecular weight excluding hydrogens is 352 g/mol. The molecule has 1 aliphatic rings. The minimum absolute atomic E-state index is 0.0491. The normalized spacial score (nSPS) is 16.3. The van der Waals surface area contributed by atoms with Crippen LogP contribution in [0, 0.1) is 0 Å². The summed E-state index contributed by atoms with van der Waals surface area (Å²) in [6, 6.07) is 11.7. The second kappa shape index (κ2) is 8.03. The topological polar surface area (TPSA) is 83.6 Å². The van der Waals surface area contributed by atoms with Gasteiger partial charge in [-0.1, -0.05) is 12.1 Å². The lowest BCUT2D eigenvalue weighted by Crippen LogP contribution is -2.36. The second-order valence-corrected chi connectivity index (χ2v) is 8.03. The van der Waals surface area contributed by atoms with Crippen LogP contribution in [-0.2, 0) is 14.8 Å². The van der Waals surface area contributed by atoms with Gasteiger partial charge >= 0.3 is 0 Å². The van der Waals surface area contributed by atoms with Crippen molar-refractivity contribution in [3.05, 3.63) is 48.2 Å². The maximum Gasteiger partial charge on any atom is 0.241 e. The van der Waals surface area contributed by atoms with Crippen LogP contribution in [0.3, 0.4) is 0 Å². The molecule has 1 aromatic carbocycles. The van der Waals surface area contributed by atoms with E-state index in [1.54, 1.807) is 6.07 Å². The van der Waals surface area contributed by atoms with Gasteiger partial charge in [0.15, 0.2) is 0 Å². The van der Waals surface area contributed by atoms with Gasteiger partial charge in [-0.25, -0.2) is 18.1 Å². The summed E-state index contributed by atoms with van der Waals surface area (Å²) in [5.74, 6) is 0.629. The SMILES string of the molecule is CNS(=O)(=O)c1ccc(NC(C)c2ccc(N3CCOCC3)cc2)nc1. The highest BCUT2D eigenvalue weighted by Gasteiger charge is 2.14. The van der Waals surface area contributed by atoms with Crippen LogP contribution in [0.2, 0.25) is 0 Å². The first-order chi connectivity index (χ1) is 12.5. The van der Waals surface area contributed by atoms with Gasteiger partial charge in [-0.05, 0) is 43.8 Å². The third kappa shape index (κ3) is 4.32. The minimum Gasteiger partial charge on any atom is -0.378 e. The Hall–Kier alpha value is -2.16. The lowest BCUT2D eigenvalue weighted by Gasteiger charge is -2.29. The van der Waals surface area contributed by atoms with E-state index in [-0.39, 0.29) is 10.9 Å². The predicted molar refractivity (Wildman–Crippen MR) is 102 cm³/mol. The Labute approximate surface area is 154 Å². The van der Waals surface area contributed by atoms with E-state index in [0.29, 0.717) is 5.82 Å². The molecule has 0 saturated carbocycles. The number of hydrogen-bond donors (Lipinski definition) is 2. The highest BCUT2D eigenvalue weighted by Crippen LogP contribution is 2.22. The zero-order valence-corrected chi connectivity index (χ0v) is 15.8. The lowest BCUT2D eigenvalue weighted by atomic mass is 10.1. The smallest absolute Gasteiger partial charge is 0.241 e.